The smallest absolute Gasteiger partial charge is 0.317 e. The summed E-state index contributed by atoms with van der Waals surface area (Å²) in [7, 11) is 0. The van der Waals surface area contributed by atoms with Crippen molar-refractivity contribution in [3.8, 4) is 0 Å². The fraction of sp³-hybridized carbons (Fsp3) is 0.500. The summed E-state index contributed by atoms with van der Waals surface area (Å²) in [5.74, 6) is 0.373. The molecule has 2 N–H and O–H groups in total. The van der Waals surface area contributed by atoms with E-state index in [1.807, 2.05) is 24.8 Å². The highest BCUT2D eigenvalue weighted by atomic mass is 19.1. The molecule has 0 radical (unpaired) electrons. The predicted octanol–water partition coefficient (Wildman–Crippen LogP) is 4.19. The number of nitrogens with one attached hydrogen (secondary N) is 2. The highest BCUT2D eigenvalue weighted by Gasteiger charge is 2.22. The van der Waals surface area contributed by atoms with E-state index in [2.05, 4.69) is 17.2 Å². The Bertz CT molecular complexity index is 641. The summed E-state index contributed by atoms with van der Waals surface area (Å²) in [6, 6.07) is 5.16. The molecular weight excluding hydrogens is 293 g/mol. The number of aromatic amines is 1. The first-order valence-electron chi connectivity index (χ1n) is 8.33. The topological polar surface area (TPSA) is 48.1 Å². The number of benzene rings is 1. The summed E-state index contributed by atoms with van der Waals surface area (Å²) in [5, 5.41) is 3.74. The molecule has 1 aliphatic rings. The maximum atomic E-state index is 13.5. The number of aryl methyl sites for hydroxylation is 1. The first-order valence-corrected chi connectivity index (χ1v) is 8.33. The van der Waals surface area contributed by atoms with Crippen molar-refractivity contribution < 1.29 is 9.18 Å². The third-order valence-electron chi connectivity index (χ3n) is 4.10. The molecular formula is C18H26FN3O. The normalized spacial score (nSPS) is 17.1. The molecule has 1 aliphatic heterocycles. The number of H-pyrrole nitrogens is 1. The average molecular weight is 319 g/mol. The summed E-state index contributed by atoms with van der Waals surface area (Å²) in [5.41, 5.74) is 2.40. The molecule has 2 aromatic rings. The molecule has 1 saturated heterocycles. The number of hydrogen-bond donors (Lipinski definition) is 2. The van der Waals surface area contributed by atoms with Crippen LogP contribution in [0.25, 0.3) is 10.9 Å². The Morgan fingerprint density at radius 3 is 2.78 bits per heavy atom. The van der Waals surface area contributed by atoms with Gasteiger partial charge in [-0.05, 0) is 43.0 Å². The fourth-order valence-corrected chi connectivity index (χ4v) is 2.82. The molecule has 1 unspecified atom stereocenters. The Hall–Kier alpha value is -2.04. The number of hydrogen-bond acceptors (Lipinski definition) is 1. The van der Waals surface area contributed by atoms with Gasteiger partial charge in [-0.2, -0.15) is 0 Å². The van der Waals surface area contributed by atoms with E-state index in [-0.39, 0.29) is 11.8 Å². The zero-order valence-corrected chi connectivity index (χ0v) is 14.4. The van der Waals surface area contributed by atoms with Gasteiger partial charge in [0.1, 0.15) is 5.82 Å². The molecule has 2 amide bonds. The molecule has 0 saturated carbocycles. The largest absolute Gasteiger partial charge is 0.357 e. The lowest BCUT2D eigenvalue weighted by molar-refractivity contribution is 0.207. The Labute approximate surface area is 137 Å². The molecule has 1 fully saturated rings. The third-order valence-corrected chi connectivity index (χ3v) is 4.10. The van der Waals surface area contributed by atoms with Crippen LogP contribution in [0.4, 0.5) is 9.18 Å². The Morgan fingerprint density at radius 1 is 1.39 bits per heavy atom. The zero-order valence-electron chi connectivity index (χ0n) is 14.4. The summed E-state index contributed by atoms with van der Waals surface area (Å²) in [4.78, 5) is 17.1. The maximum absolute atomic E-state index is 13.5. The second-order valence-corrected chi connectivity index (χ2v) is 5.98. The molecule has 126 valence electrons. The van der Waals surface area contributed by atoms with Crippen LogP contribution in [0.1, 0.15) is 38.4 Å². The summed E-state index contributed by atoms with van der Waals surface area (Å²) in [6.45, 7) is 9.97. The van der Waals surface area contributed by atoms with Gasteiger partial charge in [0.25, 0.3) is 0 Å². The van der Waals surface area contributed by atoms with Gasteiger partial charge in [0, 0.05) is 29.7 Å². The van der Waals surface area contributed by atoms with E-state index >= 15 is 0 Å². The number of halogens is 1. The summed E-state index contributed by atoms with van der Waals surface area (Å²) in [6.07, 6.45) is 1.07. The van der Waals surface area contributed by atoms with E-state index in [9.17, 15) is 9.18 Å². The monoisotopic (exact) mass is 319 g/mol. The number of rotatable bonds is 2. The van der Waals surface area contributed by atoms with Crippen molar-refractivity contribution in [1.82, 2.24) is 15.2 Å². The highest BCUT2D eigenvalue weighted by Crippen LogP contribution is 2.20. The fourth-order valence-electron chi connectivity index (χ4n) is 2.82. The van der Waals surface area contributed by atoms with E-state index in [4.69, 9.17) is 0 Å². The lowest BCUT2D eigenvalue weighted by atomic mass is 10.2. The molecule has 5 heteroatoms. The minimum atomic E-state index is -0.205. The quantitative estimate of drug-likeness (QED) is 0.856. The molecule has 1 aromatic heterocycles. The van der Waals surface area contributed by atoms with Gasteiger partial charge < -0.3 is 15.2 Å². The number of carbonyl (C=O) groups is 1. The van der Waals surface area contributed by atoms with Crippen molar-refractivity contribution >= 4 is 16.9 Å². The van der Waals surface area contributed by atoms with Crippen molar-refractivity contribution in [3.05, 3.63) is 35.3 Å². The van der Waals surface area contributed by atoms with Gasteiger partial charge in [-0.1, -0.05) is 20.8 Å². The number of likely N-dealkylation sites (tertiary alicyclic amines) is 1. The molecule has 1 atom stereocenters. The van der Waals surface area contributed by atoms with Gasteiger partial charge >= 0.3 is 6.03 Å². The Morgan fingerprint density at radius 2 is 2.13 bits per heavy atom. The molecule has 4 nitrogen and oxygen atoms in total. The van der Waals surface area contributed by atoms with Crippen LogP contribution in [0, 0.1) is 18.7 Å². The van der Waals surface area contributed by atoms with Gasteiger partial charge in [-0.25, -0.2) is 9.18 Å². The van der Waals surface area contributed by atoms with E-state index in [1.165, 1.54) is 6.07 Å². The van der Waals surface area contributed by atoms with E-state index in [0.717, 1.165) is 36.1 Å². The van der Waals surface area contributed by atoms with Gasteiger partial charge in [0.05, 0.1) is 6.54 Å². The van der Waals surface area contributed by atoms with E-state index < -0.39 is 0 Å². The molecule has 2 heterocycles. The van der Waals surface area contributed by atoms with Crippen LogP contribution < -0.4 is 5.32 Å². The molecule has 0 bridgehead atoms. The third kappa shape index (κ3) is 4.03. The van der Waals surface area contributed by atoms with Crippen LogP contribution in [0.2, 0.25) is 0 Å². The number of urea groups is 1. The van der Waals surface area contributed by atoms with Crippen LogP contribution in [0.3, 0.4) is 0 Å². The molecule has 0 spiro atoms. The predicted molar refractivity (Wildman–Crippen MR) is 91.9 cm³/mol. The van der Waals surface area contributed by atoms with Crippen molar-refractivity contribution in [3.63, 3.8) is 0 Å². The molecule has 3 rings (SSSR count). The second-order valence-electron chi connectivity index (χ2n) is 5.98. The van der Waals surface area contributed by atoms with Gasteiger partial charge in [0.15, 0.2) is 0 Å². The van der Waals surface area contributed by atoms with E-state index in [0.29, 0.717) is 18.0 Å². The van der Waals surface area contributed by atoms with Crippen LogP contribution in [-0.2, 0) is 6.54 Å². The molecule has 0 aliphatic carbocycles. The van der Waals surface area contributed by atoms with Gasteiger partial charge in [-0.15, -0.1) is 0 Å². The second kappa shape index (κ2) is 7.49. The minimum Gasteiger partial charge on any atom is -0.357 e. The lowest BCUT2D eigenvalue weighted by Crippen LogP contribution is -2.38. The lowest BCUT2D eigenvalue weighted by Gasteiger charge is -2.16. The van der Waals surface area contributed by atoms with Crippen molar-refractivity contribution in [1.29, 1.82) is 0 Å². The number of carbonyl (C=O) groups excluding carboxylic acids is 1. The van der Waals surface area contributed by atoms with Crippen LogP contribution in [-0.4, -0.2) is 29.0 Å². The minimum absolute atomic E-state index is 0.0274. The Kier molecular flexibility index (Phi) is 5.64. The van der Waals surface area contributed by atoms with Crippen LogP contribution in [0.5, 0.6) is 0 Å². The van der Waals surface area contributed by atoms with Gasteiger partial charge in [0.2, 0.25) is 0 Å². The number of aromatic nitrogens is 1. The standard InChI is InChI=1S/C16H20FN3O.C2H6/c1-10-3-4-20(9-10)16(21)18-8-13-6-12-7-14(17)11(2)5-15(12)19-13;1-2/h5-7,10,19H,3-4,8-9H2,1-2H3,(H,18,21);1-2H3. The SMILES string of the molecule is CC.Cc1cc2[nH]c(CNC(=O)N3CCC(C)C3)cc2cc1F. The first kappa shape index (κ1) is 17.3. The van der Waals surface area contributed by atoms with E-state index in [1.54, 1.807) is 13.0 Å². The summed E-state index contributed by atoms with van der Waals surface area (Å²) < 4.78 is 13.5. The molecule has 1 aromatic carbocycles. The number of nitrogens with zero attached hydrogens (tertiary/aromatic N) is 1. The van der Waals surface area contributed by atoms with Gasteiger partial charge in [-0.3, -0.25) is 0 Å². The first-order chi connectivity index (χ1) is 11.0. The Balaban J connectivity index is 0.000000924. The maximum Gasteiger partial charge on any atom is 0.317 e. The van der Waals surface area contributed by atoms with Crippen LogP contribution >= 0.6 is 0 Å². The molecule has 23 heavy (non-hydrogen) atoms. The number of amides is 2. The summed E-state index contributed by atoms with van der Waals surface area (Å²) >= 11 is 0. The zero-order chi connectivity index (χ0) is 17.0. The number of fused-ring (bicyclic) bond motifs is 1. The van der Waals surface area contributed by atoms with Crippen molar-refractivity contribution in [2.24, 2.45) is 5.92 Å². The van der Waals surface area contributed by atoms with Crippen molar-refractivity contribution in [2.75, 3.05) is 13.1 Å². The van der Waals surface area contributed by atoms with Crippen LogP contribution in [0.15, 0.2) is 18.2 Å². The van der Waals surface area contributed by atoms with Crippen molar-refractivity contribution in [2.45, 2.75) is 40.7 Å². The highest BCUT2D eigenvalue weighted by molar-refractivity contribution is 5.81. The average Bonchev–Trinajstić information content (AvgIpc) is 3.13.